The number of ketones is 1. The van der Waals surface area contributed by atoms with Gasteiger partial charge in [0.25, 0.3) is 5.78 Å². The molecule has 11 heteroatoms. The first-order chi connectivity index (χ1) is 26.3. The summed E-state index contributed by atoms with van der Waals surface area (Å²) in [7, 11) is 1.54. The Labute approximate surface area is 322 Å². The van der Waals surface area contributed by atoms with E-state index in [4.69, 9.17) is 14.2 Å². The van der Waals surface area contributed by atoms with Gasteiger partial charge in [-0.05, 0) is 77.2 Å². The second-order valence-corrected chi connectivity index (χ2v) is 15.0. The Morgan fingerprint density at radius 2 is 1.69 bits per heavy atom. The van der Waals surface area contributed by atoms with Crippen LogP contribution in [-0.2, 0) is 21.9 Å². The molecule has 0 spiro atoms. The third kappa shape index (κ3) is 7.83. The van der Waals surface area contributed by atoms with Crippen molar-refractivity contribution in [1.29, 1.82) is 0 Å². The second-order valence-electron chi connectivity index (χ2n) is 12.9. The number of aliphatic hydroxyl groups is 1. The van der Waals surface area contributed by atoms with Crippen LogP contribution in [0.15, 0.2) is 119 Å². The molecule has 9 nitrogen and oxygen atoms in total. The first-order valence-corrected chi connectivity index (χ1v) is 19.5. The summed E-state index contributed by atoms with van der Waals surface area (Å²) in [6.07, 6.45) is 1.84. The smallest absolute Gasteiger partial charge is 0.301 e. The van der Waals surface area contributed by atoms with Crippen molar-refractivity contribution < 1.29 is 28.9 Å². The zero-order valence-corrected chi connectivity index (χ0v) is 31.8. The molecule has 7 rings (SSSR count). The van der Waals surface area contributed by atoms with Crippen molar-refractivity contribution in [1.82, 2.24) is 10.2 Å². The molecule has 1 unspecified atom stereocenters. The molecule has 54 heavy (non-hydrogen) atoms. The van der Waals surface area contributed by atoms with E-state index in [1.807, 2.05) is 43.3 Å². The van der Waals surface area contributed by atoms with Gasteiger partial charge in [-0.25, -0.2) is 0 Å². The highest BCUT2D eigenvalue weighted by Gasteiger charge is 2.48. The highest BCUT2D eigenvalue weighted by atomic mass is 32.2. The van der Waals surface area contributed by atoms with E-state index >= 15 is 0 Å². The molecule has 1 aliphatic rings. The van der Waals surface area contributed by atoms with E-state index in [0.717, 1.165) is 40.3 Å². The molecule has 274 valence electrons. The molecule has 1 aromatic heterocycles. The maximum absolute atomic E-state index is 14.0. The number of aliphatic hydroxyl groups excluding tert-OH is 1. The Morgan fingerprint density at radius 1 is 0.889 bits per heavy atom. The lowest BCUT2D eigenvalue weighted by Gasteiger charge is -2.23. The Hall–Kier alpha value is -5.65. The highest BCUT2D eigenvalue weighted by Crippen LogP contribution is 2.46. The molecule has 5 aromatic carbocycles. The molecule has 1 aliphatic heterocycles. The SMILES string of the molecule is CCCCOc1ccc(C2C(=C(O)c3ccc(OCc4cccc(C)c4)cc3)C(=O)C(=O)N2c2nnc(SCc3cccc4ccccc34)s2)cc1OC. The fourth-order valence-electron chi connectivity index (χ4n) is 6.39. The van der Waals surface area contributed by atoms with Gasteiger partial charge < -0.3 is 19.3 Å². The average Bonchev–Trinajstić information content (AvgIpc) is 3.77. The summed E-state index contributed by atoms with van der Waals surface area (Å²) in [5.74, 6) is 0.242. The molecular formula is C43H39N3O6S2. The Kier molecular flexibility index (Phi) is 11.3. The lowest BCUT2D eigenvalue weighted by atomic mass is 9.95. The fraction of sp³-hybridized carbons (Fsp3) is 0.209. The number of aryl methyl sites for hydroxylation is 1. The van der Waals surface area contributed by atoms with Crippen LogP contribution in [0, 0.1) is 6.92 Å². The molecule has 1 N–H and O–H groups in total. The van der Waals surface area contributed by atoms with E-state index in [1.54, 1.807) is 42.5 Å². The quantitative estimate of drug-likeness (QED) is 0.0290. The van der Waals surface area contributed by atoms with Gasteiger partial charge in [-0.1, -0.05) is 115 Å². The molecule has 1 fully saturated rings. The molecule has 1 amide bonds. The van der Waals surface area contributed by atoms with Crippen LogP contribution >= 0.6 is 23.1 Å². The molecule has 1 saturated heterocycles. The number of carbonyl (C=O) groups excluding carboxylic acids is 2. The number of amides is 1. The number of unbranched alkanes of at least 4 members (excludes halogenated alkanes) is 1. The van der Waals surface area contributed by atoms with Crippen LogP contribution in [-0.4, -0.2) is 40.7 Å². The zero-order chi connectivity index (χ0) is 37.6. The number of methoxy groups -OCH3 is 1. The van der Waals surface area contributed by atoms with E-state index in [9.17, 15) is 14.7 Å². The van der Waals surface area contributed by atoms with E-state index in [0.29, 0.717) is 51.7 Å². The lowest BCUT2D eigenvalue weighted by Crippen LogP contribution is -2.29. The minimum absolute atomic E-state index is 0.0738. The number of hydrogen-bond donors (Lipinski definition) is 1. The number of aromatic nitrogens is 2. The van der Waals surface area contributed by atoms with Crippen LogP contribution in [0.2, 0.25) is 0 Å². The predicted molar refractivity (Wildman–Crippen MR) is 214 cm³/mol. The summed E-state index contributed by atoms with van der Waals surface area (Å²) in [4.78, 5) is 29.2. The van der Waals surface area contributed by atoms with Crippen LogP contribution in [0.3, 0.4) is 0 Å². The van der Waals surface area contributed by atoms with Crippen molar-refractivity contribution in [2.75, 3.05) is 18.6 Å². The summed E-state index contributed by atoms with van der Waals surface area (Å²) >= 11 is 2.72. The largest absolute Gasteiger partial charge is 0.507 e. The predicted octanol–water partition coefficient (Wildman–Crippen LogP) is 9.68. The van der Waals surface area contributed by atoms with Crippen LogP contribution in [0.5, 0.6) is 17.2 Å². The molecule has 0 saturated carbocycles. The van der Waals surface area contributed by atoms with Crippen molar-refractivity contribution in [3.8, 4) is 17.2 Å². The van der Waals surface area contributed by atoms with E-state index in [-0.39, 0.29) is 16.5 Å². The number of Topliss-reactive ketones (excluding diaryl/α,β-unsaturated/α-hetero) is 1. The van der Waals surface area contributed by atoms with E-state index in [2.05, 4.69) is 47.5 Å². The van der Waals surface area contributed by atoms with Crippen molar-refractivity contribution in [3.63, 3.8) is 0 Å². The van der Waals surface area contributed by atoms with Gasteiger partial charge in [0.2, 0.25) is 5.13 Å². The highest BCUT2D eigenvalue weighted by molar-refractivity contribution is 8.00. The minimum atomic E-state index is -1.02. The van der Waals surface area contributed by atoms with Crippen LogP contribution in [0.1, 0.15) is 53.6 Å². The summed E-state index contributed by atoms with van der Waals surface area (Å²) < 4.78 is 18.3. The first kappa shape index (κ1) is 36.7. The first-order valence-electron chi connectivity index (χ1n) is 17.7. The Bertz CT molecular complexity index is 2330. The molecule has 1 atom stereocenters. The standard InChI is InChI=1S/C43H39N3O6S2/c1-4-5-22-51-35-21-18-31(24-36(35)50-3)38-37(39(47)30-16-19-33(20-17-30)52-25-28-11-8-10-27(2)23-28)40(48)41(49)46(38)42-44-45-43(54-42)53-26-32-14-9-13-29-12-6-7-15-34(29)32/h6-21,23-24,38,47H,4-5,22,25-26H2,1-3H3. The number of hydrogen-bond acceptors (Lipinski definition) is 10. The fourth-order valence-corrected chi connectivity index (χ4v) is 8.27. The number of fused-ring (bicyclic) bond motifs is 1. The van der Waals surface area contributed by atoms with Gasteiger partial charge in [-0.2, -0.15) is 0 Å². The van der Waals surface area contributed by atoms with Gasteiger partial charge in [-0.15, -0.1) is 10.2 Å². The van der Waals surface area contributed by atoms with Gasteiger partial charge in [0.15, 0.2) is 15.8 Å². The normalized spacial score (nSPS) is 15.2. The van der Waals surface area contributed by atoms with Crippen molar-refractivity contribution in [2.24, 2.45) is 0 Å². The zero-order valence-electron chi connectivity index (χ0n) is 30.2. The number of nitrogens with zero attached hydrogens (tertiary/aromatic N) is 3. The Morgan fingerprint density at radius 3 is 2.48 bits per heavy atom. The monoisotopic (exact) mass is 757 g/mol. The van der Waals surface area contributed by atoms with Crippen molar-refractivity contribution in [3.05, 3.63) is 143 Å². The Balaban J connectivity index is 1.21. The van der Waals surface area contributed by atoms with Gasteiger partial charge >= 0.3 is 5.91 Å². The van der Waals surface area contributed by atoms with E-state index in [1.165, 1.54) is 35.1 Å². The minimum Gasteiger partial charge on any atom is -0.507 e. The molecule has 0 bridgehead atoms. The number of carbonyl (C=O) groups is 2. The number of rotatable bonds is 14. The molecule has 2 heterocycles. The third-order valence-corrected chi connectivity index (χ3v) is 11.3. The van der Waals surface area contributed by atoms with Gasteiger partial charge in [0, 0.05) is 11.3 Å². The summed E-state index contributed by atoms with van der Waals surface area (Å²) in [5, 5.41) is 23.2. The van der Waals surface area contributed by atoms with Gasteiger partial charge in [-0.3, -0.25) is 14.5 Å². The van der Waals surface area contributed by atoms with Crippen molar-refractivity contribution in [2.45, 2.75) is 49.4 Å². The number of benzene rings is 5. The number of anilines is 1. The summed E-state index contributed by atoms with van der Waals surface area (Å²) in [5.41, 5.74) is 4.14. The molecule has 0 radical (unpaired) electrons. The second kappa shape index (κ2) is 16.6. The van der Waals surface area contributed by atoms with Crippen LogP contribution < -0.4 is 19.1 Å². The molecule has 6 aromatic rings. The number of thioether (sulfide) groups is 1. The van der Waals surface area contributed by atoms with Crippen molar-refractivity contribution >= 4 is 56.5 Å². The van der Waals surface area contributed by atoms with E-state index < -0.39 is 17.7 Å². The average molecular weight is 758 g/mol. The summed E-state index contributed by atoms with van der Waals surface area (Å²) in [6, 6.07) is 33.5. The van der Waals surface area contributed by atoms with Gasteiger partial charge in [0.1, 0.15) is 18.1 Å². The third-order valence-electron chi connectivity index (χ3n) is 9.15. The van der Waals surface area contributed by atoms with Gasteiger partial charge in [0.05, 0.1) is 25.3 Å². The van der Waals surface area contributed by atoms with Crippen LogP contribution in [0.25, 0.3) is 16.5 Å². The molecule has 0 aliphatic carbocycles. The maximum atomic E-state index is 14.0. The molecular weight excluding hydrogens is 719 g/mol. The maximum Gasteiger partial charge on any atom is 0.301 e. The summed E-state index contributed by atoms with van der Waals surface area (Å²) in [6.45, 7) is 5.00. The lowest BCUT2D eigenvalue weighted by molar-refractivity contribution is -0.132. The van der Waals surface area contributed by atoms with Crippen LogP contribution in [0.4, 0.5) is 5.13 Å². The topological polar surface area (TPSA) is 111 Å². The number of ether oxygens (including phenoxy) is 3.